The molecule has 48 heavy (non-hydrogen) atoms. The molecule has 6 aromatic carbocycles. The fourth-order valence-electron chi connectivity index (χ4n) is 6.34. The van der Waals surface area contributed by atoms with Gasteiger partial charge in [-0.25, -0.2) is 0 Å². The number of allylic oxidation sites excluding steroid dienone is 2. The lowest BCUT2D eigenvalue weighted by atomic mass is 9.88. The zero-order valence-corrected chi connectivity index (χ0v) is 27.1. The normalized spacial score (nSPS) is 12.0. The Labute approximate surface area is 281 Å². The highest BCUT2D eigenvalue weighted by Gasteiger charge is 2.20. The van der Waals surface area contributed by atoms with Crippen molar-refractivity contribution in [1.82, 2.24) is 4.98 Å². The highest BCUT2D eigenvalue weighted by Crippen LogP contribution is 2.39. The van der Waals surface area contributed by atoms with Crippen LogP contribution in [0.1, 0.15) is 24.5 Å². The quantitative estimate of drug-likeness (QED) is 0.158. The van der Waals surface area contributed by atoms with E-state index in [9.17, 15) is 0 Å². The number of benzene rings is 6. The molecule has 2 N–H and O–H groups in total. The van der Waals surface area contributed by atoms with Gasteiger partial charge in [0.1, 0.15) is 0 Å². The summed E-state index contributed by atoms with van der Waals surface area (Å²) in [5.74, 6) is 0. The van der Waals surface area contributed by atoms with Crippen molar-refractivity contribution in [3.63, 3.8) is 0 Å². The van der Waals surface area contributed by atoms with Gasteiger partial charge < -0.3 is 10.7 Å². The molecule has 0 amide bonds. The average molecular weight is 621 g/mol. The van der Waals surface area contributed by atoms with Gasteiger partial charge in [0.15, 0.2) is 0 Å². The van der Waals surface area contributed by atoms with Crippen LogP contribution in [0.15, 0.2) is 163 Å². The number of anilines is 1. The number of aromatic nitrogens is 1. The summed E-state index contributed by atoms with van der Waals surface area (Å²) in [6, 6.07) is 47.5. The van der Waals surface area contributed by atoms with Crippen LogP contribution in [0.2, 0.25) is 0 Å². The molecule has 0 aliphatic heterocycles. The standard InChI is InChI=1S/C44H36N4/c1-3-40(20-23-45)48-43(34-16-12-32(13-17-34)33-21-24-47-25-22-33)42-29-39(37-18-14-30-8-4-6-10-35(30)26-37)28-41(44(42)46-2)38-19-15-31-9-5-7-11-36(31)27-38/h4-29,45-46H,3H2,1-2H3/b40-20+,45-23?,48-43-. The molecule has 0 aliphatic rings. The molecule has 0 aliphatic carbocycles. The number of pyridine rings is 1. The van der Waals surface area contributed by atoms with Crippen LogP contribution in [-0.2, 0) is 0 Å². The van der Waals surface area contributed by atoms with Crippen molar-refractivity contribution in [3.05, 3.63) is 169 Å². The van der Waals surface area contributed by atoms with Crippen molar-refractivity contribution in [2.45, 2.75) is 13.3 Å². The number of hydrogen-bond acceptors (Lipinski definition) is 4. The average Bonchev–Trinajstić information content (AvgIpc) is 3.16. The van der Waals surface area contributed by atoms with Gasteiger partial charge in [0.25, 0.3) is 0 Å². The summed E-state index contributed by atoms with van der Waals surface area (Å²) in [4.78, 5) is 9.47. The molecule has 4 nitrogen and oxygen atoms in total. The summed E-state index contributed by atoms with van der Waals surface area (Å²) in [5, 5.41) is 16.2. The lowest BCUT2D eigenvalue weighted by Gasteiger charge is -2.20. The highest BCUT2D eigenvalue weighted by molar-refractivity contribution is 6.19. The molecule has 1 heterocycles. The van der Waals surface area contributed by atoms with Crippen LogP contribution >= 0.6 is 0 Å². The molecule has 0 saturated carbocycles. The maximum Gasteiger partial charge on any atom is 0.0798 e. The summed E-state index contributed by atoms with van der Waals surface area (Å²) in [6.07, 6.45) is 7.43. The second-order valence-electron chi connectivity index (χ2n) is 11.8. The molecule has 0 unspecified atom stereocenters. The number of hydrogen-bond donors (Lipinski definition) is 2. The van der Waals surface area contributed by atoms with Crippen LogP contribution < -0.4 is 5.32 Å². The Hall–Kier alpha value is -6.13. The van der Waals surface area contributed by atoms with Crippen LogP contribution in [0.3, 0.4) is 0 Å². The van der Waals surface area contributed by atoms with E-state index in [-0.39, 0.29) is 0 Å². The van der Waals surface area contributed by atoms with E-state index in [1.165, 1.54) is 27.8 Å². The van der Waals surface area contributed by atoms with Crippen molar-refractivity contribution in [1.29, 1.82) is 5.41 Å². The van der Waals surface area contributed by atoms with Crippen LogP contribution in [0.5, 0.6) is 0 Å². The number of nitrogens with one attached hydrogen (secondary N) is 2. The molecule has 0 bridgehead atoms. The third-order valence-electron chi connectivity index (χ3n) is 8.85. The first kappa shape index (κ1) is 30.5. The number of rotatable bonds is 9. The van der Waals surface area contributed by atoms with Gasteiger partial charge in [0.2, 0.25) is 0 Å². The molecule has 1 aromatic heterocycles. The zero-order valence-electron chi connectivity index (χ0n) is 27.1. The first-order valence-electron chi connectivity index (χ1n) is 16.3. The molecule has 7 rings (SSSR count). The largest absolute Gasteiger partial charge is 0.387 e. The minimum Gasteiger partial charge on any atom is -0.387 e. The summed E-state index contributed by atoms with van der Waals surface area (Å²) >= 11 is 0. The monoisotopic (exact) mass is 620 g/mol. The molecule has 7 aromatic rings. The Balaban J connectivity index is 1.49. The predicted octanol–water partition coefficient (Wildman–Crippen LogP) is 11.2. The minimum atomic E-state index is 0.699. The molecule has 0 atom stereocenters. The molecule has 232 valence electrons. The second-order valence-corrected chi connectivity index (χ2v) is 11.8. The van der Waals surface area contributed by atoms with E-state index in [1.807, 2.05) is 31.6 Å². The predicted molar refractivity (Wildman–Crippen MR) is 204 cm³/mol. The van der Waals surface area contributed by atoms with Gasteiger partial charge >= 0.3 is 0 Å². The Morgan fingerprint density at radius 1 is 0.646 bits per heavy atom. The lowest BCUT2D eigenvalue weighted by Crippen LogP contribution is -2.10. The minimum absolute atomic E-state index is 0.699. The highest BCUT2D eigenvalue weighted by atomic mass is 14.8. The van der Waals surface area contributed by atoms with Crippen molar-refractivity contribution >= 4 is 39.2 Å². The molecular formula is C44H36N4. The van der Waals surface area contributed by atoms with Gasteiger partial charge in [0, 0.05) is 48.0 Å². The van der Waals surface area contributed by atoms with E-state index in [0.29, 0.717) is 6.42 Å². The van der Waals surface area contributed by atoms with E-state index in [4.69, 9.17) is 10.4 Å². The van der Waals surface area contributed by atoms with E-state index in [2.05, 4.69) is 139 Å². The van der Waals surface area contributed by atoms with Gasteiger partial charge in [-0.15, -0.1) is 0 Å². The molecule has 0 saturated heterocycles. The van der Waals surface area contributed by atoms with E-state index < -0.39 is 0 Å². The second kappa shape index (κ2) is 13.7. The maximum atomic E-state index is 7.83. The van der Waals surface area contributed by atoms with Crippen LogP contribution in [0, 0.1) is 5.41 Å². The number of aliphatic imine (C=N–C) groups is 1. The zero-order chi connectivity index (χ0) is 32.9. The van der Waals surface area contributed by atoms with E-state index in [0.717, 1.165) is 61.6 Å². The fraction of sp³-hybridized carbons (Fsp3) is 0.0682. The molecule has 0 radical (unpaired) electrons. The smallest absolute Gasteiger partial charge is 0.0798 e. The van der Waals surface area contributed by atoms with E-state index >= 15 is 0 Å². The lowest BCUT2D eigenvalue weighted by molar-refractivity contribution is 1.07. The van der Waals surface area contributed by atoms with Crippen LogP contribution in [-0.4, -0.2) is 24.0 Å². The Morgan fingerprint density at radius 3 is 1.85 bits per heavy atom. The van der Waals surface area contributed by atoms with Crippen molar-refractivity contribution in [3.8, 4) is 33.4 Å². The summed E-state index contributed by atoms with van der Waals surface area (Å²) in [6.45, 7) is 2.08. The van der Waals surface area contributed by atoms with Gasteiger partial charge in [-0.2, -0.15) is 0 Å². The SMILES string of the molecule is CCC(=C\C=N)/N=C(/c1ccc(-c2ccncc2)cc1)c1cc(-c2ccc3ccccc3c2)cc(-c2ccc3ccccc3c2)c1NC. The number of fused-ring (bicyclic) bond motifs is 2. The van der Waals surface area contributed by atoms with Gasteiger partial charge in [-0.3, -0.25) is 9.98 Å². The topological polar surface area (TPSA) is 61.1 Å². The first-order valence-corrected chi connectivity index (χ1v) is 16.3. The van der Waals surface area contributed by atoms with Gasteiger partial charge in [-0.05, 0) is 98.3 Å². The van der Waals surface area contributed by atoms with Crippen molar-refractivity contribution in [2.75, 3.05) is 12.4 Å². The van der Waals surface area contributed by atoms with E-state index in [1.54, 1.807) is 6.08 Å². The Bertz CT molecular complexity index is 2320. The summed E-state index contributed by atoms with van der Waals surface area (Å²) in [5.41, 5.74) is 11.4. The molecular weight excluding hydrogens is 585 g/mol. The van der Waals surface area contributed by atoms with Crippen molar-refractivity contribution < 1.29 is 0 Å². The maximum absolute atomic E-state index is 7.83. The summed E-state index contributed by atoms with van der Waals surface area (Å²) < 4.78 is 0. The van der Waals surface area contributed by atoms with Gasteiger partial charge in [-0.1, -0.05) is 104 Å². The van der Waals surface area contributed by atoms with Crippen LogP contribution in [0.25, 0.3) is 54.9 Å². The molecule has 0 spiro atoms. The third-order valence-corrected chi connectivity index (χ3v) is 8.85. The summed E-state index contributed by atoms with van der Waals surface area (Å²) in [7, 11) is 1.98. The first-order chi connectivity index (χ1) is 23.6. The molecule has 0 fully saturated rings. The Kier molecular flexibility index (Phi) is 8.71. The van der Waals surface area contributed by atoms with Crippen molar-refractivity contribution in [2.24, 2.45) is 4.99 Å². The Morgan fingerprint density at radius 2 is 1.23 bits per heavy atom. The number of nitrogens with zero attached hydrogens (tertiary/aromatic N) is 2. The molecule has 4 heteroatoms. The fourth-order valence-corrected chi connectivity index (χ4v) is 6.34. The van der Waals surface area contributed by atoms with Gasteiger partial charge in [0.05, 0.1) is 11.4 Å². The van der Waals surface area contributed by atoms with Crippen LogP contribution in [0.4, 0.5) is 5.69 Å². The third kappa shape index (κ3) is 6.16.